The highest BCUT2D eigenvalue weighted by Gasteiger charge is 2.10. The van der Waals surface area contributed by atoms with Crippen LogP contribution in [0.5, 0.6) is 0 Å². The second-order valence-corrected chi connectivity index (χ2v) is 4.13. The molecule has 0 spiro atoms. The van der Waals surface area contributed by atoms with Gasteiger partial charge in [0.25, 0.3) is 0 Å². The molecule has 1 aromatic carbocycles. The topological polar surface area (TPSA) is 32.9 Å². The first-order valence-corrected chi connectivity index (χ1v) is 5.43. The number of nitrogens with one attached hydrogen (secondary N) is 1. The van der Waals surface area contributed by atoms with Gasteiger partial charge in [0.2, 0.25) is 0 Å². The predicted molar refractivity (Wildman–Crippen MR) is 63.7 cm³/mol. The summed E-state index contributed by atoms with van der Waals surface area (Å²) in [6.07, 6.45) is 0.710. The maximum atomic E-state index is 13.3. The second-order valence-electron chi connectivity index (χ2n) is 3.72. The van der Waals surface area contributed by atoms with Gasteiger partial charge in [-0.1, -0.05) is 18.5 Å². The van der Waals surface area contributed by atoms with Crippen LogP contribution in [-0.2, 0) is 6.42 Å². The van der Waals surface area contributed by atoms with Gasteiger partial charge >= 0.3 is 0 Å². The fourth-order valence-electron chi connectivity index (χ4n) is 1.79. The van der Waals surface area contributed by atoms with Crippen LogP contribution in [-0.4, -0.2) is 4.98 Å². The summed E-state index contributed by atoms with van der Waals surface area (Å²) >= 11 is 5.66. The Labute approximate surface area is 97.1 Å². The van der Waals surface area contributed by atoms with Gasteiger partial charge in [0.1, 0.15) is 5.82 Å². The highest BCUT2D eigenvalue weighted by Crippen LogP contribution is 2.20. The molecule has 1 heterocycles. The van der Waals surface area contributed by atoms with Crippen LogP contribution in [0.3, 0.4) is 0 Å². The van der Waals surface area contributed by atoms with E-state index in [-0.39, 0.29) is 10.5 Å². The van der Waals surface area contributed by atoms with Crippen molar-refractivity contribution in [3.05, 3.63) is 44.5 Å². The molecule has 0 saturated carbocycles. The molecule has 0 aliphatic carbocycles. The molecule has 0 amide bonds. The van der Waals surface area contributed by atoms with Crippen LogP contribution in [0.1, 0.15) is 18.2 Å². The van der Waals surface area contributed by atoms with Crippen molar-refractivity contribution in [3.63, 3.8) is 0 Å². The van der Waals surface area contributed by atoms with E-state index < -0.39 is 5.82 Å². The third-order valence-electron chi connectivity index (χ3n) is 2.74. The maximum Gasteiger partial charge on any atom is 0.192 e. The zero-order valence-electron chi connectivity index (χ0n) is 9.03. The van der Waals surface area contributed by atoms with Crippen molar-refractivity contribution < 1.29 is 4.39 Å². The highest BCUT2D eigenvalue weighted by atomic mass is 35.5. The summed E-state index contributed by atoms with van der Waals surface area (Å²) in [5.41, 5.74) is 1.90. The molecule has 0 bridgehead atoms. The third-order valence-corrected chi connectivity index (χ3v) is 3.03. The number of H-pyrrole nitrogens is 1. The zero-order valence-corrected chi connectivity index (χ0v) is 9.78. The van der Waals surface area contributed by atoms with Crippen molar-refractivity contribution in [2.75, 3.05) is 0 Å². The lowest BCUT2D eigenvalue weighted by atomic mass is 10.1. The maximum absolute atomic E-state index is 13.3. The molecule has 1 aromatic heterocycles. The Morgan fingerprint density at radius 3 is 2.75 bits per heavy atom. The van der Waals surface area contributed by atoms with E-state index in [1.807, 2.05) is 6.92 Å². The average Bonchev–Trinajstić information content (AvgIpc) is 2.26. The highest BCUT2D eigenvalue weighted by molar-refractivity contribution is 6.31. The van der Waals surface area contributed by atoms with Crippen molar-refractivity contribution in [3.8, 4) is 0 Å². The first kappa shape index (κ1) is 11.1. The van der Waals surface area contributed by atoms with E-state index in [1.54, 1.807) is 6.92 Å². The normalized spacial score (nSPS) is 11.0. The summed E-state index contributed by atoms with van der Waals surface area (Å²) in [7, 11) is 0. The van der Waals surface area contributed by atoms with Crippen LogP contribution < -0.4 is 5.43 Å². The Morgan fingerprint density at radius 2 is 2.12 bits per heavy atom. The molecule has 2 nitrogen and oxygen atoms in total. The van der Waals surface area contributed by atoms with E-state index in [2.05, 4.69) is 4.98 Å². The van der Waals surface area contributed by atoms with Gasteiger partial charge in [-0.25, -0.2) is 4.39 Å². The van der Waals surface area contributed by atoms with Crippen LogP contribution in [0, 0.1) is 12.7 Å². The Balaban J connectivity index is 2.93. The van der Waals surface area contributed by atoms with E-state index >= 15 is 0 Å². The standard InChI is InChI=1S/C12H11ClFNO/c1-3-10-6(2)12(16)7-4-8(13)9(14)5-11(7)15-10/h4-5H,3H2,1-2H3,(H,15,16). The number of hydrogen-bond acceptors (Lipinski definition) is 1. The first-order valence-electron chi connectivity index (χ1n) is 5.05. The van der Waals surface area contributed by atoms with E-state index in [4.69, 9.17) is 11.6 Å². The number of aromatic amines is 1. The summed E-state index contributed by atoms with van der Waals surface area (Å²) in [5.74, 6) is -0.518. The van der Waals surface area contributed by atoms with Gasteiger partial charge in [0.15, 0.2) is 5.43 Å². The molecule has 0 fully saturated rings. The van der Waals surface area contributed by atoms with Crippen molar-refractivity contribution in [1.29, 1.82) is 0 Å². The molecule has 0 aliphatic heterocycles. The lowest BCUT2D eigenvalue weighted by Gasteiger charge is -2.06. The van der Waals surface area contributed by atoms with Gasteiger partial charge in [-0.15, -0.1) is 0 Å². The summed E-state index contributed by atoms with van der Waals surface area (Å²) in [6.45, 7) is 3.70. The molecular formula is C12H11ClFNO. The average molecular weight is 240 g/mol. The molecule has 0 aliphatic rings. The number of hydrogen-bond donors (Lipinski definition) is 1. The fourth-order valence-corrected chi connectivity index (χ4v) is 1.95. The number of aryl methyl sites for hydroxylation is 1. The van der Waals surface area contributed by atoms with E-state index in [9.17, 15) is 9.18 Å². The molecule has 0 unspecified atom stereocenters. The predicted octanol–water partition coefficient (Wildman–Crippen LogP) is 3.19. The van der Waals surface area contributed by atoms with Crippen LogP contribution in [0.4, 0.5) is 4.39 Å². The Kier molecular flexibility index (Phi) is 2.72. The lowest BCUT2D eigenvalue weighted by molar-refractivity contribution is 0.629. The first-order chi connectivity index (χ1) is 7.54. The van der Waals surface area contributed by atoms with Crippen molar-refractivity contribution in [2.24, 2.45) is 0 Å². The van der Waals surface area contributed by atoms with E-state index in [1.165, 1.54) is 12.1 Å². The second kappa shape index (κ2) is 3.91. The van der Waals surface area contributed by atoms with Crippen molar-refractivity contribution >= 4 is 22.5 Å². The quantitative estimate of drug-likeness (QED) is 0.815. The summed E-state index contributed by atoms with van der Waals surface area (Å²) in [5, 5.41) is 0.405. The van der Waals surface area contributed by atoms with E-state index in [0.29, 0.717) is 22.9 Å². The third kappa shape index (κ3) is 1.61. The Bertz CT molecular complexity index is 618. The van der Waals surface area contributed by atoms with Gasteiger partial charge in [-0.2, -0.15) is 0 Å². The van der Waals surface area contributed by atoms with Crippen LogP contribution in [0.2, 0.25) is 5.02 Å². The van der Waals surface area contributed by atoms with Crippen LogP contribution in [0.15, 0.2) is 16.9 Å². The minimum Gasteiger partial charge on any atom is -0.358 e. The SMILES string of the molecule is CCc1[nH]c2cc(F)c(Cl)cc2c(=O)c1C. The molecule has 2 aromatic rings. The van der Waals surface area contributed by atoms with Crippen molar-refractivity contribution in [1.82, 2.24) is 4.98 Å². The van der Waals surface area contributed by atoms with Crippen molar-refractivity contribution in [2.45, 2.75) is 20.3 Å². The smallest absolute Gasteiger partial charge is 0.192 e. The fraction of sp³-hybridized carbons (Fsp3) is 0.250. The summed E-state index contributed by atoms with van der Waals surface area (Å²) in [4.78, 5) is 15.0. The number of pyridine rings is 1. The molecule has 2 rings (SSSR count). The summed E-state index contributed by atoms with van der Waals surface area (Å²) < 4.78 is 13.3. The minimum atomic E-state index is -0.518. The molecular weight excluding hydrogens is 229 g/mol. The van der Waals surface area contributed by atoms with Gasteiger partial charge in [0.05, 0.1) is 10.5 Å². The molecule has 0 saturated heterocycles. The molecule has 1 N–H and O–H groups in total. The Hall–Kier alpha value is -1.35. The van der Waals surface area contributed by atoms with E-state index in [0.717, 1.165) is 5.69 Å². The van der Waals surface area contributed by atoms with Gasteiger partial charge < -0.3 is 4.98 Å². The number of rotatable bonds is 1. The molecule has 0 radical (unpaired) electrons. The van der Waals surface area contributed by atoms with Gasteiger partial charge in [-0.05, 0) is 25.5 Å². The number of halogens is 2. The van der Waals surface area contributed by atoms with Gasteiger partial charge in [0, 0.05) is 16.6 Å². The monoisotopic (exact) mass is 239 g/mol. The number of benzene rings is 1. The minimum absolute atomic E-state index is 0.0263. The van der Waals surface area contributed by atoms with Crippen LogP contribution in [0.25, 0.3) is 10.9 Å². The molecule has 84 valence electrons. The number of fused-ring (bicyclic) bond motifs is 1. The summed E-state index contributed by atoms with van der Waals surface area (Å²) in [6, 6.07) is 2.63. The largest absolute Gasteiger partial charge is 0.358 e. The molecule has 16 heavy (non-hydrogen) atoms. The zero-order chi connectivity index (χ0) is 11.9. The lowest BCUT2D eigenvalue weighted by Crippen LogP contribution is -2.11. The molecule has 0 atom stereocenters. The van der Waals surface area contributed by atoms with Gasteiger partial charge in [-0.3, -0.25) is 4.79 Å². The molecule has 4 heteroatoms. The number of aromatic nitrogens is 1. The Morgan fingerprint density at radius 1 is 1.44 bits per heavy atom. The van der Waals surface area contributed by atoms with Crippen LogP contribution >= 0.6 is 11.6 Å².